The molecule has 112 valence electrons. The number of hydrogen-bond acceptors (Lipinski definition) is 2. The highest BCUT2D eigenvalue weighted by molar-refractivity contribution is 5.72. The zero-order chi connectivity index (χ0) is 14.7. The summed E-state index contributed by atoms with van der Waals surface area (Å²) in [7, 11) is 0. The summed E-state index contributed by atoms with van der Waals surface area (Å²) < 4.78 is 5.88. The maximum atomic E-state index is 12.1. The van der Waals surface area contributed by atoms with Crippen molar-refractivity contribution in [2.24, 2.45) is 23.7 Å². The molecule has 0 radical (unpaired) electrons. The summed E-state index contributed by atoms with van der Waals surface area (Å²) in [6.45, 7) is 8.53. The Labute approximate surface area is 123 Å². The molecule has 20 heavy (non-hydrogen) atoms. The first-order valence-electron chi connectivity index (χ1n) is 8.17. The normalized spacial score (nSPS) is 34.1. The maximum Gasteiger partial charge on any atom is 0.308 e. The summed E-state index contributed by atoms with van der Waals surface area (Å²) in [5, 5.41) is 0. The van der Waals surface area contributed by atoms with Gasteiger partial charge in [0.05, 0.1) is 5.92 Å². The van der Waals surface area contributed by atoms with Crippen molar-refractivity contribution in [3.63, 3.8) is 0 Å². The molecule has 0 amide bonds. The van der Waals surface area contributed by atoms with E-state index in [0.717, 1.165) is 25.7 Å². The largest absolute Gasteiger partial charge is 0.461 e. The summed E-state index contributed by atoms with van der Waals surface area (Å²) >= 11 is 0. The molecule has 0 fully saturated rings. The Hall–Kier alpha value is -1.05. The predicted molar refractivity (Wildman–Crippen MR) is 82.2 cm³/mol. The van der Waals surface area contributed by atoms with Crippen LogP contribution < -0.4 is 0 Å². The molecule has 0 saturated heterocycles. The van der Waals surface area contributed by atoms with Gasteiger partial charge in [-0.3, -0.25) is 4.79 Å². The Balaban J connectivity index is 2.16. The standard InChI is InChI=1S/C18H28O2/c1-5-12(3)18(19)20-16-9-7-8-14-11-10-13(4)15(6-2)17(14)16/h8,10-13,15-17H,5-7,9H2,1-4H3/t12-,13-,15?,16-,17-/m0/s1. The van der Waals surface area contributed by atoms with Gasteiger partial charge in [0.25, 0.3) is 0 Å². The molecule has 0 aliphatic heterocycles. The molecule has 0 saturated carbocycles. The minimum absolute atomic E-state index is 0.0148. The van der Waals surface area contributed by atoms with Crippen LogP contribution in [0.5, 0.6) is 0 Å². The molecule has 0 spiro atoms. The van der Waals surface area contributed by atoms with Crippen molar-refractivity contribution in [1.82, 2.24) is 0 Å². The number of allylic oxidation sites excluding steroid dienone is 3. The van der Waals surface area contributed by atoms with E-state index in [9.17, 15) is 4.79 Å². The molecular weight excluding hydrogens is 248 g/mol. The highest BCUT2D eigenvalue weighted by Crippen LogP contribution is 2.42. The van der Waals surface area contributed by atoms with Gasteiger partial charge in [-0.1, -0.05) is 52.3 Å². The second-order valence-corrected chi connectivity index (χ2v) is 6.38. The maximum absolute atomic E-state index is 12.1. The lowest BCUT2D eigenvalue weighted by Crippen LogP contribution is -2.39. The van der Waals surface area contributed by atoms with Crippen LogP contribution in [0.25, 0.3) is 0 Å². The van der Waals surface area contributed by atoms with Gasteiger partial charge in [0.2, 0.25) is 0 Å². The van der Waals surface area contributed by atoms with Gasteiger partial charge >= 0.3 is 5.97 Å². The zero-order valence-corrected chi connectivity index (χ0v) is 13.3. The summed E-state index contributed by atoms with van der Waals surface area (Å²) in [6, 6.07) is 0. The quantitative estimate of drug-likeness (QED) is 0.706. The van der Waals surface area contributed by atoms with E-state index in [1.165, 1.54) is 5.57 Å². The van der Waals surface area contributed by atoms with E-state index in [1.807, 2.05) is 13.8 Å². The van der Waals surface area contributed by atoms with Crippen LogP contribution >= 0.6 is 0 Å². The third-order valence-corrected chi connectivity index (χ3v) is 5.10. The Morgan fingerprint density at radius 1 is 1.45 bits per heavy atom. The second kappa shape index (κ2) is 6.60. The summed E-state index contributed by atoms with van der Waals surface area (Å²) in [5.41, 5.74) is 1.39. The number of ether oxygens (including phenoxy) is 1. The molecule has 0 aromatic rings. The van der Waals surface area contributed by atoms with Gasteiger partial charge in [0, 0.05) is 5.92 Å². The lowest BCUT2D eigenvalue weighted by Gasteiger charge is -2.41. The van der Waals surface area contributed by atoms with Crippen molar-refractivity contribution in [2.75, 3.05) is 0 Å². The van der Waals surface area contributed by atoms with Gasteiger partial charge in [-0.25, -0.2) is 0 Å². The number of esters is 1. The Morgan fingerprint density at radius 2 is 2.20 bits per heavy atom. The van der Waals surface area contributed by atoms with Crippen molar-refractivity contribution < 1.29 is 9.53 Å². The highest BCUT2D eigenvalue weighted by Gasteiger charge is 2.39. The van der Waals surface area contributed by atoms with Crippen molar-refractivity contribution in [2.45, 2.75) is 59.5 Å². The minimum Gasteiger partial charge on any atom is -0.461 e. The fraction of sp³-hybridized carbons (Fsp3) is 0.722. The van der Waals surface area contributed by atoms with Gasteiger partial charge in [-0.2, -0.15) is 0 Å². The molecule has 0 heterocycles. The van der Waals surface area contributed by atoms with Crippen LogP contribution in [-0.4, -0.2) is 12.1 Å². The lowest BCUT2D eigenvalue weighted by atomic mass is 9.67. The molecule has 2 aliphatic carbocycles. The number of hydrogen-bond donors (Lipinski definition) is 0. The predicted octanol–water partition coefficient (Wildman–Crippen LogP) is 4.51. The number of carbonyl (C=O) groups is 1. The van der Waals surface area contributed by atoms with Crippen molar-refractivity contribution in [1.29, 1.82) is 0 Å². The van der Waals surface area contributed by atoms with Crippen LogP contribution in [0.3, 0.4) is 0 Å². The number of carbonyl (C=O) groups excluding carboxylic acids is 1. The molecular formula is C18H28O2. The van der Waals surface area contributed by atoms with Crippen molar-refractivity contribution in [3.05, 3.63) is 23.8 Å². The van der Waals surface area contributed by atoms with Crippen LogP contribution in [0, 0.1) is 23.7 Å². The fourth-order valence-corrected chi connectivity index (χ4v) is 3.57. The van der Waals surface area contributed by atoms with E-state index >= 15 is 0 Å². The molecule has 0 bridgehead atoms. The second-order valence-electron chi connectivity index (χ2n) is 6.38. The average Bonchev–Trinajstić information content (AvgIpc) is 2.46. The molecule has 5 atom stereocenters. The van der Waals surface area contributed by atoms with E-state index in [4.69, 9.17) is 4.74 Å². The minimum atomic E-state index is -0.0178. The third kappa shape index (κ3) is 2.99. The van der Waals surface area contributed by atoms with Gasteiger partial charge < -0.3 is 4.74 Å². The van der Waals surface area contributed by atoms with E-state index in [0.29, 0.717) is 17.8 Å². The van der Waals surface area contributed by atoms with Crippen LogP contribution in [-0.2, 0) is 9.53 Å². The number of fused-ring (bicyclic) bond motifs is 1. The van der Waals surface area contributed by atoms with Crippen LogP contribution in [0.15, 0.2) is 23.8 Å². The molecule has 0 aromatic carbocycles. The van der Waals surface area contributed by atoms with Gasteiger partial charge in [-0.15, -0.1) is 0 Å². The number of rotatable bonds is 4. The molecule has 1 unspecified atom stereocenters. The summed E-state index contributed by atoms with van der Waals surface area (Å²) in [4.78, 5) is 12.1. The van der Waals surface area contributed by atoms with E-state index in [1.54, 1.807) is 0 Å². The van der Waals surface area contributed by atoms with Crippen molar-refractivity contribution >= 4 is 5.97 Å². The topological polar surface area (TPSA) is 26.3 Å². The first kappa shape index (κ1) is 15.3. The van der Waals surface area contributed by atoms with Crippen molar-refractivity contribution in [3.8, 4) is 0 Å². The first-order chi connectivity index (χ1) is 9.58. The Morgan fingerprint density at radius 3 is 2.85 bits per heavy atom. The lowest BCUT2D eigenvalue weighted by molar-refractivity contribution is -0.157. The van der Waals surface area contributed by atoms with Gasteiger partial charge in [0.1, 0.15) is 6.10 Å². The average molecular weight is 276 g/mol. The molecule has 2 heteroatoms. The zero-order valence-electron chi connectivity index (χ0n) is 13.3. The molecule has 2 nitrogen and oxygen atoms in total. The summed E-state index contributed by atoms with van der Waals surface area (Å²) in [6.07, 6.45) is 11.0. The molecule has 2 rings (SSSR count). The Bertz CT molecular complexity index is 408. The molecule has 0 aromatic heterocycles. The van der Waals surface area contributed by atoms with Crippen LogP contribution in [0.4, 0.5) is 0 Å². The third-order valence-electron chi connectivity index (χ3n) is 5.10. The summed E-state index contributed by atoms with van der Waals surface area (Å²) in [5.74, 6) is 1.57. The first-order valence-corrected chi connectivity index (χ1v) is 8.17. The van der Waals surface area contributed by atoms with Gasteiger partial charge in [0.15, 0.2) is 0 Å². The van der Waals surface area contributed by atoms with E-state index < -0.39 is 0 Å². The SMILES string of the molecule is CCC1[C@@H](C)C=CC2=CCC[C@H](OC(=O)[C@@H](C)CC)[C@@H]21. The smallest absolute Gasteiger partial charge is 0.308 e. The fourth-order valence-electron chi connectivity index (χ4n) is 3.57. The monoisotopic (exact) mass is 276 g/mol. The Kier molecular flexibility index (Phi) is 5.06. The molecule has 0 N–H and O–H groups in total. The highest BCUT2D eigenvalue weighted by atomic mass is 16.5. The van der Waals surface area contributed by atoms with E-state index in [2.05, 4.69) is 32.1 Å². The van der Waals surface area contributed by atoms with E-state index in [-0.39, 0.29) is 18.0 Å². The van der Waals surface area contributed by atoms with Crippen LogP contribution in [0.1, 0.15) is 53.4 Å². The van der Waals surface area contributed by atoms with Gasteiger partial charge in [-0.05, 0) is 36.7 Å². The van der Waals surface area contributed by atoms with Crippen LogP contribution in [0.2, 0.25) is 0 Å². The molecule has 2 aliphatic rings.